The molecule has 1 N–H and O–H groups in total. The zero-order valence-electron chi connectivity index (χ0n) is 14.0. The van der Waals surface area contributed by atoms with Crippen molar-refractivity contribution in [1.29, 1.82) is 0 Å². The lowest BCUT2D eigenvalue weighted by Crippen LogP contribution is -2.25. The lowest BCUT2D eigenvalue weighted by Gasteiger charge is -2.06. The second kappa shape index (κ2) is 7.63. The van der Waals surface area contributed by atoms with Gasteiger partial charge >= 0.3 is 0 Å². The Kier molecular flexibility index (Phi) is 5.57. The molecular weight excluding hydrogens is 292 g/mol. The van der Waals surface area contributed by atoms with Gasteiger partial charge in [0.15, 0.2) is 6.61 Å². The van der Waals surface area contributed by atoms with Crippen LogP contribution in [0.2, 0.25) is 0 Å². The maximum absolute atomic E-state index is 11.8. The van der Waals surface area contributed by atoms with E-state index in [1.807, 2.05) is 51.1 Å². The van der Waals surface area contributed by atoms with Gasteiger partial charge in [0.2, 0.25) is 0 Å². The van der Waals surface area contributed by atoms with E-state index in [2.05, 4.69) is 17.5 Å². The Morgan fingerprint density at radius 3 is 2.52 bits per heavy atom. The third-order valence-electron chi connectivity index (χ3n) is 3.48. The summed E-state index contributed by atoms with van der Waals surface area (Å²) in [6.07, 6.45) is 0.974. The van der Waals surface area contributed by atoms with Crippen LogP contribution in [-0.4, -0.2) is 18.2 Å². The third kappa shape index (κ3) is 4.71. The molecule has 0 radical (unpaired) electrons. The smallest absolute Gasteiger partial charge is 0.277 e. The second-order valence-corrected chi connectivity index (χ2v) is 5.35. The standard InChI is InChI=1S/C18H22N2O3/c1-5-15-6-8-16(9-7-15)22-11-18(21)20-19-13(3)17-10-12(2)23-14(17)4/h6-10H,5,11H2,1-4H3,(H,20,21)/b19-13-. The summed E-state index contributed by atoms with van der Waals surface area (Å²) in [5, 5.41) is 4.09. The molecule has 1 aromatic carbocycles. The first-order valence-electron chi connectivity index (χ1n) is 7.62. The number of hydrazone groups is 1. The fourth-order valence-corrected chi connectivity index (χ4v) is 2.20. The van der Waals surface area contributed by atoms with Gasteiger partial charge in [0.1, 0.15) is 17.3 Å². The summed E-state index contributed by atoms with van der Waals surface area (Å²) < 4.78 is 10.9. The van der Waals surface area contributed by atoms with Crippen molar-refractivity contribution >= 4 is 11.6 Å². The van der Waals surface area contributed by atoms with Crippen LogP contribution in [0.25, 0.3) is 0 Å². The number of carbonyl (C=O) groups is 1. The molecule has 0 atom stereocenters. The van der Waals surface area contributed by atoms with Crippen LogP contribution in [0.5, 0.6) is 5.75 Å². The molecule has 0 spiro atoms. The van der Waals surface area contributed by atoms with Crippen molar-refractivity contribution < 1.29 is 13.9 Å². The number of nitrogens with one attached hydrogen (secondary N) is 1. The van der Waals surface area contributed by atoms with Gasteiger partial charge in [-0.15, -0.1) is 0 Å². The molecule has 23 heavy (non-hydrogen) atoms. The predicted octanol–water partition coefficient (Wildman–Crippen LogP) is 3.38. The maximum atomic E-state index is 11.8. The highest BCUT2D eigenvalue weighted by Gasteiger charge is 2.08. The molecule has 0 saturated carbocycles. The number of amides is 1. The summed E-state index contributed by atoms with van der Waals surface area (Å²) >= 11 is 0. The van der Waals surface area contributed by atoms with Crippen LogP contribution in [0.3, 0.4) is 0 Å². The molecule has 1 amide bonds. The van der Waals surface area contributed by atoms with Crippen molar-refractivity contribution in [2.45, 2.75) is 34.1 Å². The number of hydrogen-bond donors (Lipinski definition) is 1. The van der Waals surface area contributed by atoms with Crippen molar-refractivity contribution in [3.8, 4) is 5.75 Å². The molecule has 122 valence electrons. The maximum Gasteiger partial charge on any atom is 0.277 e. The molecular formula is C18H22N2O3. The van der Waals surface area contributed by atoms with Gasteiger partial charge in [-0.05, 0) is 51.0 Å². The van der Waals surface area contributed by atoms with Gasteiger partial charge in [-0.3, -0.25) is 4.79 Å². The predicted molar refractivity (Wildman–Crippen MR) is 89.9 cm³/mol. The van der Waals surface area contributed by atoms with Gasteiger partial charge in [0.05, 0.1) is 5.71 Å². The minimum absolute atomic E-state index is 0.0777. The number of furan rings is 1. The summed E-state index contributed by atoms with van der Waals surface area (Å²) in [5.74, 6) is 1.96. The average molecular weight is 314 g/mol. The Balaban J connectivity index is 1.86. The molecule has 2 aromatic rings. The zero-order chi connectivity index (χ0) is 16.8. The van der Waals surface area contributed by atoms with Crippen molar-refractivity contribution in [3.63, 3.8) is 0 Å². The average Bonchev–Trinajstić information content (AvgIpc) is 2.89. The molecule has 1 heterocycles. The molecule has 5 heteroatoms. The summed E-state index contributed by atoms with van der Waals surface area (Å²) in [5.41, 5.74) is 5.30. The van der Waals surface area contributed by atoms with Crippen LogP contribution in [0, 0.1) is 13.8 Å². The normalized spacial score (nSPS) is 11.4. The SMILES string of the molecule is CCc1ccc(OCC(=O)N/N=C(/C)c2cc(C)oc2C)cc1. The summed E-state index contributed by atoms with van der Waals surface area (Å²) in [6.45, 7) is 7.58. The van der Waals surface area contributed by atoms with Gasteiger partial charge in [-0.1, -0.05) is 19.1 Å². The molecule has 0 unspecified atom stereocenters. The first-order chi connectivity index (χ1) is 11.0. The quantitative estimate of drug-likeness (QED) is 0.656. The number of ether oxygens (including phenoxy) is 1. The largest absolute Gasteiger partial charge is 0.484 e. The third-order valence-corrected chi connectivity index (χ3v) is 3.48. The van der Waals surface area contributed by atoms with E-state index in [1.165, 1.54) is 5.56 Å². The highest BCUT2D eigenvalue weighted by Crippen LogP contribution is 2.14. The van der Waals surface area contributed by atoms with E-state index >= 15 is 0 Å². The monoisotopic (exact) mass is 314 g/mol. The Labute approximate surface area is 136 Å². The molecule has 0 aliphatic carbocycles. The van der Waals surface area contributed by atoms with E-state index in [-0.39, 0.29) is 12.5 Å². The van der Waals surface area contributed by atoms with E-state index in [9.17, 15) is 4.79 Å². The number of hydrogen-bond acceptors (Lipinski definition) is 4. The van der Waals surface area contributed by atoms with E-state index < -0.39 is 0 Å². The van der Waals surface area contributed by atoms with Crippen molar-refractivity contribution in [1.82, 2.24) is 5.43 Å². The summed E-state index contributed by atoms with van der Waals surface area (Å²) in [6, 6.07) is 9.59. The first kappa shape index (κ1) is 16.8. The van der Waals surface area contributed by atoms with E-state index in [1.54, 1.807) is 0 Å². The fraction of sp³-hybridized carbons (Fsp3) is 0.333. The molecule has 0 aliphatic rings. The molecule has 0 fully saturated rings. The van der Waals surface area contributed by atoms with Gasteiger partial charge in [0, 0.05) is 5.56 Å². The van der Waals surface area contributed by atoms with Crippen LogP contribution in [-0.2, 0) is 11.2 Å². The Morgan fingerprint density at radius 2 is 1.96 bits per heavy atom. The van der Waals surface area contributed by atoms with Crippen LogP contribution in [0.15, 0.2) is 39.9 Å². The molecule has 0 saturated heterocycles. The van der Waals surface area contributed by atoms with Crippen LogP contribution in [0.4, 0.5) is 0 Å². The van der Waals surface area contributed by atoms with Crippen molar-refractivity contribution in [2.24, 2.45) is 5.10 Å². The second-order valence-electron chi connectivity index (χ2n) is 5.35. The fourth-order valence-electron chi connectivity index (χ4n) is 2.20. The van der Waals surface area contributed by atoms with Gasteiger partial charge in [0.25, 0.3) is 5.91 Å². The van der Waals surface area contributed by atoms with Crippen LogP contribution < -0.4 is 10.2 Å². The van der Waals surface area contributed by atoms with E-state index in [4.69, 9.17) is 9.15 Å². The van der Waals surface area contributed by atoms with Crippen molar-refractivity contribution in [3.05, 3.63) is 53.0 Å². The lowest BCUT2D eigenvalue weighted by atomic mass is 10.2. The summed E-state index contributed by atoms with van der Waals surface area (Å²) in [4.78, 5) is 11.8. The van der Waals surface area contributed by atoms with E-state index in [0.29, 0.717) is 11.5 Å². The van der Waals surface area contributed by atoms with Gasteiger partial charge in [-0.2, -0.15) is 5.10 Å². The van der Waals surface area contributed by atoms with Gasteiger partial charge < -0.3 is 9.15 Å². The minimum atomic E-state index is -0.304. The Bertz CT molecular complexity index is 700. The number of benzene rings is 1. The highest BCUT2D eigenvalue weighted by atomic mass is 16.5. The number of nitrogens with zero attached hydrogens (tertiary/aromatic N) is 1. The topological polar surface area (TPSA) is 63.8 Å². The molecule has 1 aromatic heterocycles. The minimum Gasteiger partial charge on any atom is -0.484 e. The molecule has 0 bridgehead atoms. The van der Waals surface area contributed by atoms with Gasteiger partial charge in [-0.25, -0.2) is 5.43 Å². The Morgan fingerprint density at radius 1 is 1.26 bits per heavy atom. The lowest BCUT2D eigenvalue weighted by molar-refractivity contribution is -0.123. The zero-order valence-corrected chi connectivity index (χ0v) is 14.0. The molecule has 2 rings (SSSR count). The van der Waals surface area contributed by atoms with Crippen LogP contribution >= 0.6 is 0 Å². The number of rotatable bonds is 6. The summed E-state index contributed by atoms with van der Waals surface area (Å²) in [7, 11) is 0. The Hall–Kier alpha value is -2.56. The number of carbonyl (C=O) groups excluding carboxylic acids is 1. The first-order valence-corrected chi connectivity index (χ1v) is 7.62. The van der Waals surface area contributed by atoms with E-state index in [0.717, 1.165) is 23.5 Å². The number of aryl methyl sites for hydroxylation is 3. The molecule has 5 nitrogen and oxygen atoms in total. The van der Waals surface area contributed by atoms with Crippen LogP contribution in [0.1, 0.15) is 36.5 Å². The van der Waals surface area contributed by atoms with Crippen molar-refractivity contribution in [2.75, 3.05) is 6.61 Å². The molecule has 0 aliphatic heterocycles. The highest BCUT2D eigenvalue weighted by molar-refractivity contribution is 6.00.